The van der Waals surface area contributed by atoms with E-state index in [4.69, 9.17) is 4.74 Å². The molecular weight excluding hydrogens is 362 g/mol. The molecule has 0 radical (unpaired) electrons. The van der Waals surface area contributed by atoms with Crippen molar-refractivity contribution in [1.29, 1.82) is 5.26 Å². The molecule has 0 saturated carbocycles. The van der Waals surface area contributed by atoms with E-state index < -0.39 is 0 Å². The third-order valence-electron chi connectivity index (χ3n) is 5.94. The Hall–Kier alpha value is -3.52. The van der Waals surface area contributed by atoms with E-state index in [-0.39, 0.29) is 11.8 Å². The maximum atomic E-state index is 13.0. The predicted octanol–water partition coefficient (Wildman–Crippen LogP) is 4.85. The fraction of sp³-hybridized carbons (Fsp3) is 0.250. The van der Waals surface area contributed by atoms with Gasteiger partial charge in [-0.2, -0.15) is 5.26 Å². The fourth-order valence-corrected chi connectivity index (χ4v) is 4.64. The number of methoxy groups -OCH3 is 1. The molecule has 0 bridgehead atoms. The number of carbonyl (C=O) groups excluding carboxylic acids is 1. The zero-order chi connectivity index (χ0) is 20.1. The van der Waals surface area contributed by atoms with Crippen molar-refractivity contribution in [2.75, 3.05) is 12.4 Å². The van der Waals surface area contributed by atoms with Crippen molar-refractivity contribution in [3.05, 3.63) is 70.4 Å². The molecule has 2 heterocycles. The van der Waals surface area contributed by atoms with Crippen LogP contribution in [-0.4, -0.2) is 17.5 Å². The van der Waals surface area contributed by atoms with E-state index in [2.05, 4.69) is 16.0 Å². The SMILES string of the molecule is COc1cccc(C2C3=C(CCCC3=O)Nc3c(C#N)c4cc(C)ccc4n32)c1. The molecule has 1 aliphatic heterocycles. The van der Waals surface area contributed by atoms with Gasteiger partial charge in [-0.15, -0.1) is 0 Å². The third kappa shape index (κ3) is 2.56. The van der Waals surface area contributed by atoms with Gasteiger partial charge in [0.1, 0.15) is 23.2 Å². The monoisotopic (exact) mass is 383 g/mol. The summed E-state index contributed by atoms with van der Waals surface area (Å²) in [5, 5.41) is 14.3. The zero-order valence-electron chi connectivity index (χ0n) is 16.5. The van der Waals surface area contributed by atoms with Crippen LogP contribution < -0.4 is 10.1 Å². The molecule has 3 aromatic rings. The second-order valence-electron chi connectivity index (χ2n) is 7.70. The Morgan fingerprint density at radius 1 is 1.21 bits per heavy atom. The van der Waals surface area contributed by atoms with Crippen LogP contribution in [0.1, 0.15) is 42.0 Å². The Bertz CT molecular complexity index is 1240. The molecule has 5 rings (SSSR count). The highest BCUT2D eigenvalue weighted by atomic mass is 16.5. The molecule has 5 nitrogen and oxygen atoms in total. The molecule has 1 aromatic heterocycles. The van der Waals surface area contributed by atoms with Gasteiger partial charge in [0.25, 0.3) is 0 Å². The lowest BCUT2D eigenvalue weighted by Gasteiger charge is -2.35. The Balaban J connectivity index is 1.86. The number of aromatic nitrogens is 1. The van der Waals surface area contributed by atoms with E-state index >= 15 is 0 Å². The van der Waals surface area contributed by atoms with E-state index in [0.29, 0.717) is 12.0 Å². The Morgan fingerprint density at radius 2 is 2.07 bits per heavy atom. The van der Waals surface area contributed by atoms with E-state index in [0.717, 1.165) is 57.7 Å². The largest absolute Gasteiger partial charge is 0.497 e. The molecule has 1 aliphatic carbocycles. The zero-order valence-corrected chi connectivity index (χ0v) is 16.5. The summed E-state index contributed by atoms with van der Waals surface area (Å²) in [6, 6.07) is 16.1. The van der Waals surface area contributed by atoms with Crippen molar-refractivity contribution in [3.8, 4) is 11.8 Å². The molecule has 2 aliphatic rings. The number of benzene rings is 2. The summed E-state index contributed by atoms with van der Waals surface area (Å²) in [6.45, 7) is 2.02. The van der Waals surface area contributed by atoms with Crippen LogP contribution in [0.25, 0.3) is 10.9 Å². The minimum atomic E-state index is -0.281. The van der Waals surface area contributed by atoms with E-state index in [9.17, 15) is 10.1 Å². The number of nitriles is 1. The lowest BCUT2D eigenvalue weighted by molar-refractivity contribution is -0.116. The lowest BCUT2D eigenvalue weighted by atomic mass is 9.85. The number of rotatable bonds is 2. The molecule has 1 N–H and O–H groups in total. The van der Waals surface area contributed by atoms with Gasteiger partial charge in [-0.05, 0) is 49.6 Å². The number of aryl methyl sites for hydroxylation is 1. The van der Waals surface area contributed by atoms with Crippen LogP contribution in [0.5, 0.6) is 5.75 Å². The van der Waals surface area contributed by atoms with Crippen LogP contribution in [0.2, 0.25) is 0 Å². The number of nitrogens with one attached hydrogen (secondary N) is 1. The molecule has 0 spiro atoms. The number of Topliss-reactive ketones (excluding diaryl/α,β-unsaturated/α-hetero) is 1. The fourth-order valence-electron chi connectivity index (χ4n) is 4.64. The van der Waals surface area contributed by atoms with Gasteiger partial charge in [0.05, 0.1) is 18.7 Å². The Labute approximate surface area is 169 Å². The molecule has 2 aromatic carbocycles. The number of ether oxygens (including phenoxy) is 1. The summed E-state index contributed by atoms with van der Waals surface area (Å²) in [7, 11) is 1.64. The summed E-state index contributed by atoms with van der Waals surface area (Å²) >= 11 is 0. The number of anilines is 1. The van der Waals surface area contributed by atoms with Crippen LogP contribution in [0.4, 0.5) is 5.82 Å². The molecule has 5 heteroatoms. The van der Waals surface area contributed by atoms with Crippen LogP contribution in [-0.2, 0) is 4.79 Å². The van der Waals surface area contributed by atoms with Crippen molar-refractivity contribution in [1.82, 2.24) is 4.57 Å². The Kier molecular flexibility index (Phi) is 3.95. The van der Waals surface area contributed by atoms with Crippen molar-refractivity contribution in [2.45, 2.75) is 32.2 Å². The molecule has 1 unspecified atom stereocenters. The maximum Gasteiger partial charge on any atom is 0.163 e. The quantitative estimate of drug-likeness (QED) is 0.687. The number of allylic oxidation sites excluding steroid dienone is 2. The molecule has 0 saturated heterocycles. The average Bonchev–Trinajstić information content (AvgIpc) is 3.04. The normalized spacial score (nSPS) is 18.1. The van der Waals surface area contributed by atoms with E-state index in [1.165, 1.54) is 0 Å². The van der Waals surface area contributed by atoms with Crippen molar-refractivity contribution in [3.63, 3.8) is 0 Å². The highest BCUT2D eigenvalue weighted by molar-refractivity contribution is 6.02. The van der Waals surface area contributed by atoms with Gasteiger partial charge >= 0.3 is 0 Å². The van der Waals surface area contributed by atoms with Gasteiger partial charge < -0.3 is 14.6 Å². The lowest BCUT2D eigenvalue weighted by Crippen LogP contribution is -2.30. The first-order valence-electron chi connectivity index (χ1n) is 9.84. The summed E-state index contributed by atoms with van der Waals surface area (Å²) in [5.41, 5.74) is 5.41. The van der Waals surface area contributed by atoms with Crippen LogP contribution in [0.15, 0.2) is 53.7 Å². The van der Waals surface area contributed by atoms with Gasteiger partial charge in [0, 0.05) is 23.1 Å². The maximum absolute atomic E-state index is 13.0. The molecular formula is C24H21N3O2. The van der Waals surface area contributed by atoms with Crippen LogP contribution in [0.3, 0.4) is 0 Å². The van der Waals surface area contributed by atoms with Crippen LogP contribution >= 0.6 is 0 Å². The molecule has 1 atom stereocenters. The van der Waals surface area contributed by atoms with Gasteiger partial charge in [0.15, 0.2) is 5.78 Å². The highest BCUT2D eigenvalue weighted by Gasteiger charge is 2.37. The smallest absolute Gasteiger partial charge is 0.163 e. The minimum Gasteiger partial charge on any atom is -0.497 e. The van der Waals surface area contributed by atoms with Gasteiger partial charge in [-0.25, -0.2) is 0 Å². The predicted molar refractivity (Wildman–Crippen MR) is 112 cm³/mol. The van der Waals surface area contributed by atoms with Crippen LogP contribution in [0, 0.1) is 18.3 Å². The first kappa shape index (κ1) is 17.6. The average molecular weight is 383 g/mol. The second kappa shape index (κ2) is 6.52. The molecule has 144 valence electrons. The van der Waals surface area contributed by atoms with Crippen molar-refractivity contribution >= 4 is 22.5 Å². The third-order valence-corrected chi connectivity index (χ3v) is 5.94. The highest BCUT2D eigenvalue weighted by Crippen LogP contribution is 2.46. The van der Waals surface area contributed by atoms with Gasteiger partial charge in [-0.1, -0.05) is 23.8 Å². The second-order valence-corrected chi connectivity index (χ2v) is 7.70. The first-order valence-corrected chi connectivity index (χ1v) is 9.84. The molecule has 0 amide bonds. The van der Waals surface area contributed by atoms with Gasteiger partial charge in [-0.3, -0.25) is 4.79 Å². The summed E-state index contributed by atoms with van der Waals surface area (Å²) in [5.74, 6) is 1.69. The number of hydrogen-bond acceptors (Lipinski definition) is 4. The minimum absolute atomic E-state index is 0.171. The van der Waals surface area contributed by atoms with Crippen molar-refractivity contribution in [2.24, 2.45) is 0 Å². The van der Waals surface area contributed by atoms with E-state index in [1.807, 2.05) is 49.4 Å². The number of nitrogens with zero attached hydrogens (tertiary/aromatic N) is 2. The standard InChI is InChI=1S/C24H21N3O2/c1-14-9-10-20-17(11-14)18(13-25)24-26-19-7-4-8-21(28)22(19)23(27(20)24)15-5-3-6-16(12-15)29-2/h3,5-6,9-12,23,26H,4,7-8H2,1-2H3. The summed E-state index contributed by atoms with van der Waals surface area (Å²) in [4.78, 5) is 13.0. The number of fused-ring (bicyclic) bond motifs is 3. The van der Waals surface area contributed by atoms with E-state index in [1.54, 1.807) is 7.11 Å². The molecule has 29 heavy (non-hydrogen) atoms. The van der Waals surface area contributed by atoms with Gasteiger partial charge in [0.2, 0.25) is 0 Å². The number of carbonyl (C=O) groups is 1. The first-order chi connectivity index (χ1) is 14.1. The summed E-state index contributed by atoms with van der Waals surface area (Å²) in [6.07, 6.45) is 2.20. The molecule has 0 fully saturated rings. The topological polar surface area (TPSA) is 67.0 Å². The number of ketones is 1. The Morgan fingerprint density at radius 3 is 2.86 bits per heavy atom. The summed E-state index contributed by atoms with van der Waals surface area (Å²) < 4.78 is 7.56. The van der Waals surface area contributed by atoms with Crippen molar-refractivity contribution < 1.29 is 9.53 Å². The number of hydrogen-bond donors (Lipinski definition) is 1.